The fourth-order valence-corrected chi connectivity index (χ4v) is 7.91. The van der Waals surface area contributed by atoms with E-state index < -0.39 is 0 Å². The summed E-state index contributed by atoms with van der Waals surface area (Å²) in [6.07, 6.45) is 9.66. The minimum atomic E-state index is -0.170. The zero-order chi connectivity index (χ0) is 17.7. The molecule has 0 spiro atoms. The van der Waals surface area contributed by atoms with Gasteiger partial charge in [0.25, 0.3) is 0 Å². The summed E-state index contributed by atoms with van der Waals surface area (Å²) in [5.74, 6) is 2.44. The summed E-state index contributed by atoms with van der Waals surface area (Å²) in [5.41, 5.74) is -0.170. The Morgan fingerprint density at radius 3 is 2.56 bits per heavy atom. The molecule has 1 aliphatic heterocycles. The molecule has 5 rings (SSSR count). The van der Waals surface area contributed by atoms with Gasteiger partial charge in [0, 0.05) is 30.4 Å². The largest absolute Gasteiger partial charge is 0.355 e. The maximum absolute atomic E-state index is 13.0. The third-order valence-corrected chi connectivity index (χ3v) is 8.03. The van der Waals surface area contributed by atoms with Crippen LogP contribution in [-0.4, -0.2) is 40.7 Å². The van der Waals surface area contributed by atoms with Crippen LogP contribution < -0.4 is 5.32 Å². The van der Waals surface area contributed by atoms with Crippen LogP contribution in [0.4, 0.5) is 0 Å². The minimum Gasteiger partial charge on any atom is -0.355 e. The molecule has 25 heavy (non-hydrogen) atoms. The predicted molar refractivity (Wildman–Crippen MR) is 101 cm³/mol. The Bertz CT molecular complexity index is 550. The maximum atomic E-state index is 13.0. The number of carbonyl (C=O) groups is 2. The van der Waals surface area contributed by atoms with Crippen molar-refractivity contribution in [3.8, 4) is 0 Å². The smallest absolute Gasteiger partial charge is 0.226 e. The summed E-state index contributed by atoms with van der Waals surface area (Å²) in [5, 5.41) is 3.13. The molecule has 4 saturated carbocycles. The van der Waals surface area contributed by atoms with Gasteiger partial charge in [-0.1, -0.05) is 22.9 Å². The van der Waals surface area contributed by atoms with Gasteiger partial charge in [-0.05, 0) is 69.1 Å². The van der Waals surface area contributed by atoms with E-state index in [4.69, 9.17) is 0 Å². The third kappa shape index (κ3) is 3.50. The Hall–Kier alpha value is -0.580. The van der Waals surface area contributed by atoms with Crippen molar-refractivity contribution in [1.82, 2.24) is 10.2 Å². The van der Waals surface area contributed by atoms with E-state index in [9.17, 15) is 9.59 Å². The molecule has 4 aliphatic carbocycles. The summed E-state index contributed by atoms with van der Waals surface area (Å²) in [7, 11) is 0. The Kier molecular flexibility index (Phi) is 4.66. The van der Waals surface area contributed by atoms with E-state index in [1.165, 1.54) is 25.7 Å². The molecule has 0 radical (unpaired) electrons. The highest BCUT2D eigenvalue weighted by molar-refractivity contribution is 9.10. The molecule has 0 aromatic heterocycles. The second-order valence-electron chi connectivity index (χ2n) is 9.49. The molecule has 3 unspecified atom stereocenters. The molecule has 5 heteroatoms. The fraction of sp³-hybridized carbons (Fsp3) is 0.900. The van der Waals surface area contributed by atoms with Crippen molar-refractivity contribution >= 4 is 27.7 Å². The van der Waals surface area contributed by atoms with Gasteiger partial charge in [0.2, 0.25) is 11.8 Å². The number of nitrogens with zero attached hydrogens (tertiary/aromatic N) is 1. The number of likely N-dealkylation sites (tertiary alicyclic amines) is 1. The molecular formula is C20H31BrN2O2. The van der Waals surface area contributed by atoms with Crippen LogP contribution in [0.2, 0.25) is 0 Å². The molecule has 4 nitrogen and oxygen atoms in total. The molecule has 1 heterocycles. The van der Waals surface area contributed by atoms with Gasteiger partial charge in [-0.2, -0.15) is 0 Å². The molecular weight excluding hydrogens is 380 g/mol. The first-order chi connectivity index (χ1) is 11.9. The SMILES string of the molecule is CC1CCCN(C(=O)CCNC(=O)C23CC4CC(CC(Br)(C4)C2)C3)C1. The van der Waals surface area contributed by atoms with E-state index in [0.717, 1.165) is 38.8 Å². The predicted octanol–water partition coefficient (Wildman–Crippen LogP) is 3.49. The summed E-state index contributed by atoms with van der Waals surface area (Å²) >= 11 is 3.97. The monoisotopic (exact) mass is 410 g/mol. The zero-order valence-electron chi connectivity index (χ0n) is 15.4. The van der Waals surface area contributed by atoms with Crippen LogP contribution in [-0.2, 0) is 9.59 Å². The average Bonchev–Trinajstić information content (AvgIpc) is 2.52. The summed E-state index contributed by atoms with van der Waals surface area (Å²) < 4.78 is 0.203. The summed E-state index contributed by atoms with van der Waals surface area (Å²) in [4.78, 5) is 27.4. The molecule has 5 fully saturated rings. The number of amides is 2. The molecule has 1 N–H and O–H groups in total. The lowest BCUT2D eigenvalue weighted by atomic mass is 9.49. The number of rotatable bonds is 4. The highest BCUT2D eigenvalue weighted by atomic mass is 79.9. The zero-order valence-corrected chi connectivity index (χ0v) is 16.9. The van der Waals surface area contributed by atoms with E-state index in [1.54, 1.807) is 0 Å². The number of hydrogen-bond acceptors (Lipinski definition) is 2. The quantitative estimate of drug-likeness (QED) is 0.721. The highest BCUT2D eigenvalue weighted by Crippen LogP contribution is 2.64. The van der Waals surface area contributed by atoms with Crippen LogP contribution in [0, 0.1) is 23.2 Å². The van der Waals surface area contributed by atoms with Gasteiger partial charge in [0.15, 0.2) is 0 Å². The minimum absolute atomic E-state index is 0.170. The first-order valence-electron chi connectivity index (χ1n) is 10.1. The number of piperidine rings is 1. The van der Waals surface area contributed by atoms with Gasteiger partial charge in [0.05, 0.1) is 5.41 Å². The van der Waals surface area contributed by atoms with Crippen LogP contribution >= 0.6 is 15.9 Å². The summed E-state index contributed by atoms with van der Waals surface area (Å²) in [6, 6.07) is 0. The van der Waals surface area contributed by atoms with Gasteiger partial charge in [0.1, 0.15) is 0 Å². The maximum Gasteiger partial charge on any atom is 0.226 e. The van der Waals surface area contributed by atoms with Gasteiger partial charge in [-0.15, -0.1) is 0 Å². The lowest BCUT2D eigenvalue weighted by Gasteiger charge is -2.59. The van der Waals surface area contributed by atoms with Gasteiger partial charge in [-0.25, -0.2) is 0 Å². The Morgan fingerprint density at radius 1 is 1.20 bits per heavy atom. The fourth-order valence-electron chi connectivity index (χ4n) is 6.46. The molecule has 1 saturated heterocycles. The van der Waals surface area contributed by atoms with Crippen molar-refractivity contribution in [3.05, 3.63) is 0 Å². The van der Waals surface area contributed by atoms with Gasteiger partial charge >= 0.3 is 0 Å². The average molecular weight is 411 g/mol. The van der Waals surface area contributed by atoms with Gasteiger partial charge in [-0.3, -0.25) is 9.59 Å². The van der Waals surface area contributed by atoms with Crippen molar-refractivity contribution in [2.24, 2.45) is 23.2 Å². The molecule has 5 aliphatic rings. The number of nitrogens with one attached hydrogen (secondary N) is 1. The normalized spacial score (nSPS) is 42.5. The molecule has 2 amide bonds. The van der Waals surface area contributed by atoms with Crippen molar-refractivity contribution in [1.29, 1.82) is 0 Å². The number of halogens is 1. The van der Waals surface area contributed by atoms with Crippen LogP contribution in [0.3, 0.4) is 0 Å². The number of alkyl halides is 1. The third-order valence-electron chi connectivity index (χ3n) is 7.11. The second kappa shape index (κ2) is 6.54. The summed E-state index contributed by atoms with van der Waals surface area (Å²) in [6.45, 7) is 4.47. The van der Waals surface area contributed by atoms with Crippen LogP contribution in [0.15, 0.2) is 0 Å². The van der Waals surface area contributed by atoms with E-state index >= 15 is 0 Å². The van der Waals surface area contributed by atoms with Crippen LogP contribution in [0.1, 0.15) is 64.7 Å². The topological polar surface area (TPSA) is 49.4 Å². The van der Waals surface area contributed by atoms with Crippen LogP contribution in [0.5, 0.6) is 0 Å². The van der Waals surface area contributed by atoms with E-state index in [-0.39, 0.29) is 21.6 Å². The van der Waals surface area contributed by atoms with Crippen molar-refractivity contribution in [2.75, 3.05) is 19.6 Å². The van der Waals surface area contributed by atoms with E-state index in [0.29, 0.717) is 30.7 Å². The van der Waals surface area contributed by atoms with Crippen LogP contribution in [0.25, 0.3) is 0 Å². The lowest BCUT2D eigenvalue weighted by Crippen LogP contribution is -2.58. The molecule has 3 atom stereocenters. The highest BCUT2D eigenvalue weighted by Gasteiger charge is 2.59. The Balaban J connectivity index is 1.30. The van der Waals surface area contributed by atoms with E-state index in [2.05, 4.69) is 28.2 Å². The standard InChI is InChI=1S/C20H31BrN2O2/c1-14-3-2-6-23(12-14)17(24)4-5-22-18(25)19-8-15-7-16(9-19)11-20(21,10-15)13-19/h14-16H,2-13H2,1H3,(H,22,25). The molecule has 140 valence electrons. The Labute approximate surface area is 159 Å². The van der Waals surface area contributed by atoms with Gasteiger partial charge < -0.3 is 10.2 Å². The molecule has 0 aromatic carbocycles. The van der Waals surface area contributed by atoms with E-state index in [1.807, 2.05) is 4.90 Å². The number of carbonyl (C=O) groups excluding carboxylic acids is 2. The first-order valence-corrected chi connectivity index (χ1v) is 10.9. The van der Waals surface area contributed by atoms with Crippen molar-refractivity contribution < 1.29 is 9.59 Å². The number of hydrogen-bond donors (Lipinski definition) is 1. The second-order valence-corrected chi connectivity index (χ2v) is 11.2. The lowest BCUT2D eigenvalue weighted by molar-refractivity contribution is -0.144. The van der Waals surface area contributed by atoms with Crippen molar-refractivity contribution in [3.63, 3.8) is 0 Å². The first kappa shape index (κ1) is 17.8. The molecule has 4 bridgehead atoms. The Morgan fingerprint density at radius 2 is 1.92 bits per heavy atom. The molecule has 0 aromatic rings. The van der Waals surface area contributed by atoms with Crippen molar-refractivity contribution in [2.45, 2.75) is 69.0 Å².